The van der Waals surface area contributed by atoms with E-state index in [0.717, 1.165) is 4.57 Å². The van der Waals surface area contributed by atoms with E-state index in [4.69, 9.17) is 0 Å². The fourth-order valence-electron chi connectivity index (χ4n) is 2.06. The molecule has 0 saturated heterocycles. The van der Waals surface area contributed by atoms with Crippen LogP contribution in [0.1, 0.15) is 32.0 Å². The van der Waals surface area contributed by atoms with Crippen molar-refractivity contribution in [3.8, 4) is 0 Å². The van der Waals surface area contributed by atoms with Crippen molar-refractivity contribution in [2.75, 3.05) is 20.6 Å². The normalized spacial score (nSPS) is 12.9. The monoisotopic (exact) mass is 297 g/mol. The van der Waals surface area contributed by atoms with Crippen LogP contribution in [0.25, 0.3) is 0 Å². The molecule has 2 N–H and O–H groups in total. The summed E-state index contributed by atoms with van der Waals surface area (Å²) in [6.45, 7) is 4.44. The lowest BCUT2D eigenvalue weighted by atomic mass is 10.0. The van der Waals surface area contributed by atoms with Crippen LogP contribution in [0.4, 0.5) is 0 Å². The highest BCUT2D eigenvalue weighted by Gasteiger charge is 2.23. The summed E-state index contributed by atoms with van der Waals surface area (Å²) in [7, 11) is 3.79. The lowest BCUT2D eigenvalue weighted by Crippen LogP contribution is -2.41. The molecular weight excluding hydrogens is 274 g/mol. The Kier molecular flexibility index (Phi) is 5.90. The summed E-state index contributed by atoms with van der Waals surface area (Å²) in [6.07, 6.45) is 2.29. The molecule has 0 radical (unpaired) electrons. The quantitative estimate of drug-likeness (QED) is 0.706. The summed E-state index contributed by atoms with van der Waals surface area (Å²) in [5.41, 5.74) is -1.04. The molecule has 0 unspecified atom stereocenters. The molecule has 1 heterocycles. The molecule has 1 atom stereocenters. The third-order valence-electron chi connectivity index (χ3n) is 3.14. The predicted molar refractivity (Wildman–Crippen MR) is 79.7 cm³/mol. The molecule has 0 aromatic carbocycles. The molecule has 0 spiro atoms. The number of carboxylic acids is 1. The maximum absolute atomic E-state index is 11.9. The van der Waals surface area contributed by atoms with E-state index in [2.05, 4.69) is 4.98 Å². The van der Waals surface area contributed by atoms with Gasteiger partial charge in [0.05, 0.1) is 0 Å². The Hall–Kier alpha value is -1.89. The highest BCUT2D eigenvalue weighted by Crippen LogP contribution is 2.16. The second-order valence-electron chi connectivity index (χ2n) is 5.86. The number of carbonyl (C=O) groups is 1. The number of nitrogens with zero attached hydrogens (tertiary/aromatic N) is 2. The van der Waals surface area contributed by atoms with E-state index < -0.39 is 23.1 Å². The molecule has 1 rings (SSSR count). The van der Waals surface area contributed by atoms with Crippen molar-refractivity contribution in [2.45, 2.75) is 32.7 Å². The van der Waals surface area contributed by atoms with Crippen LogP contribution in [0.5, 0.6) is 0 Å². The average molecular weight is 297 g/mol. The second kappa shape index (κ2) is 7.21. The van der Waals surface area contributed by atoms with Crippen LogP contribution in [0.15, 0.2) is 15.8 Å². The van der Waals surface area contributed by atoms with Crippen LogP contribution < -0.4 is 11.1 Å². The topological polar surface area (TPSA) is 95.4 Å². The van der Waals surface area contributed by atoms with E-state index >= 15 is 0 Å². The van der Waals surface area contributed by atoms with Crippen LogP contribution in [0.3, 0.4) is 0 Å². The van der Waals surface area contributed by atoms with Crippen LogP contribution in [0, 0.1) is 5.92 Å². The lowest BCUT2D eigenvalue weighted by molar-refractivity contribution is -0.141. The summed E-state index contributed by atoms with van der Waals surface area (Å²) in [5, 5.41) is 9.32. The highest BCUT2D eigenvalue weighted by molar-refractivity contribution is 5.71. The van der Waals surface area contributed by atoms with Crippen molar-refractivity contribution < 1.29 is 9.90 Å². The standard InChI is InChI=1S/C14H23N3O4/c1-9(2)7-11(14(20)21)17-8-10(5-6-16(3)4)15-12(18)13(17)19/h8-9,11H,5-7H2,1-4H3,(H,15,18)(H,20,21)/t11-/m0/s1. The van der Waals surface area contributed by atoms with Crippen molar-refractivity contribution in [3.63, 3.8) is 0 Å². The third kappa shape index (κ3) is 4.86. The molecule has 0 aliphatic rings. The molecule has 7 nitrogen and oxygen atoms in total. The Balaban J connectivity index is 3.22. The molecule has 7 heteroatoms. The van der Waals surface area contributed by atoms with Crippen LogP contribution in [-0.2, 0) is 11.2 Å². The van der Waals surface area contributed by atoms with Gasteiger partial charge in [-0.15, -0.1) is 0 Å². The van der Waals surface area contributed by atoms with Crippen molar-refractivity contribution in [1.82, 2.24) is 14.5 Å². The molecule has 0 bridgehead atoms. The van der Waals surface area contributed by atoms with Gasteiger partial charge in [-0.05, 0) is 26.4 Å². The summed E-state index contributed by atoms with van der Waals surface area (Å²) in [4.78, 5) is 39.5. The number of carboxylic acid groups (broad SMARTS) is 1. The minimum absolute atomic E-state index is 0.0995. The average Bonchev–Trinajstić information content (AvgIpc) is 2.37. The van der Waals surface area contributed by atoms with Gasteiger partial charge in [0, 0.05) is 24.9 Å². The number of hydrogen-bond donors (Lipinski definition) is 2. The van der Waals surface area contributed by atoms with E-state index in [0.29, 0.717) is 25.1 Å². The number of likely N-dealkylation sites (N-methyl/N-ethyl adjacent to an activating group) is 1. The summed E-state index contributed by atoms with van der Waals surface area (Å²) < 4.78 is 1.05. The van der Waals surface area contributed by atoms with E-state index in [1.54, 1.807) is 0 Å². The number of aliphatic carboxylic acids is 1. The van der Waals surface area contributed by atoms with Crippen molar-refractivity contribution in [1.29, 1.82) is 0 Å². The molecule has 0 aliphatic heterocycles. The van der Waals surface area contributed by atoms with Gasteiger partial charge in [-0.2, -0.15) is 0 Å². The van der Waals surface area contributed by atoms with E-state index in [-0.39, 0.29) is 5.92 Å². The van der Waals surface area contributed by atoms with Gasteiger partial charge in [0.25, 0.3) is 0 Å². The van der Waals surface area contributed by atoms with E-state index in [1.807, 2.05) is 32.8 Å². The first-order valence-electron chi connectivity index (χ1n) is 6.94. The van der Waals surface area contributed by atoms with Gasteiger partial charge in [-0.3, -0.25) is 14.2 Å². The van der Waals surface area contributed by atoms with Crippen LogP contribution in [-0.4, -0.2) is 46.2 Å². The molecule has 0 saturated carbocycles. The smallest absolute Gasteiger partial charge is 0.326 e. The largest absolute Gasteiger partial charge is 0.480 e. The number of aromatic nitrogens is 2. The first-order valence-corrected chi connectivity index (χ1v) is 6.94. The highest BCUT2D eigenvalue weighted by atomic mass is 16.4. The summed E-state index contributed by atoms with van der Waals surface area (Å²) >= 11 is 0. The number of aromatic amines is 1. The van der Waals surface area contributed by atoms with Gasteiger partial charge in [0.15, 0.2) is 0 Å². The van der Waals surface area contributed by atoms with Gasteiger partial charge >= 0.3 is 17.1 Å². The van der Waals surface area contributed by atoms with Gasteiger partial charge in [0.2, 0.25) is 0 Å². The van der Waals surface area contributed by atoms with Gasteiger partial charge in [-0.25, -0.2) is 4.79 Å². The Morgan fingerprint density at radius 2 is 2.00 bits per heavy atom. The van der Waals surface area contributed by atoms with Crippen LogP contribution in [0.2, 0.25) is 0 Å². The first kappa shape index (κ1) is 17.2. The minimum Gasteiger partial charge on any atom is -0.480 e. The molecule has 0 fully saturated rings. The Bertz CT molecular complexity index is 601. The van der Waals surface area contributed by atoms with E-state index in [9.17, 15) is 19.5 Å². The maximum Gasteiger partial charge on any atom is 0.326 e. The zero-order valence-corrected chi connectivity index (χ0v) is 12.9. The SMILES string of the molecule is CC(C)C[C@@H](C(=O)O)n1cc(CCN(C)C)[nH]c(=O)c1=O. The maximum atomic E-state index is 11.9. The molecule has 0 amide bonds. The Morgan fingerprint density at radius 3 is 2.48 bits per heavy atom. The molecule has 0 aliphatic carbocycles. The van der Waals surface area contributed by atoms with Gasteiger partial charge in [-0.1, -0.05) is 13.8 Å². The fraction of sp³-hybridized carbons (Fsp3) is 0.643. The van der Waals surface area contributed by atoms with Crippen LogP contribution >= 0.6 is 0 Å². The molecule has 1 aromatic heterocycles. The molecular formula is C14H23N3O4. The summed E-state index contributed by atoms with van der Waals surface area (Å²) in [5.74, 6) is -1.00. The second-order valence-corrected chi connectivity index (χ2v) is 5.86. The predicted octanol–water partition coefficient (Wildman–Crippen LogP) is 0.313. The number of rotatable bonds is 7. The first-order chi connectivity index (χ1) is 9.72. The molecule has 21 heavy (non-hydrogen) atoms. The lowest BCUT2D eigenvalue weighted by Gasteiger charge is -2.18. The zero-order valence-electron chi connectivity index (χ0n) is 12.9. The third-order valence-corrected chi connectivity index (χ3v) is 3.14. The number of hydrogen-bond acceptors (Lipinski definition) is 4. The molecule has 1 aromatic rings. The minimum atomic E-state index is -1.10. The van der Waals surface area contributed by atoms with Gasteiger partial charge in [0.1, 0.15) is 6.04 Å². The number of nitrogens with one attached hydrogen (secondary N) is 1. The fourth-order valence-corrected chi connectivity index (χ4v) is 2.06. The van der Waals surface area contributed by atoms with Gasteiger partial charge < -0.3 is 15.0 Å². The number of H-pyrrole nitrogens is 1. The van der Waals surface area contributed by atoms with Crippen molar-refractivity contribution in [2.24, 2.45) is 5.92 Å². The Morgan fingerprint density at radius 1 is 1.38 bits per heavy atom. The van der Waals surface area contributed by atoms with Crippen molar-refractivity contribution >= 4 is 5.97 Å². The summed E-state index contributed by atoms with van der Waals surface area (Å²) in [6, 6.07) is -1.02. The molecule has 118 valence electrons. The zero-order chi connectivity index (χ0) is 16.2. The van der Waals surface area contributed by atoms with E-state index in [1.165, 1.54) is 6.20 Å². The van der Waals surface area contributed by atoms with Crippen molar-refractivity contribution in [3.05, 3.63) is 32.6 Å². The Labute approximate surface area is 123 Å².